The van der Waals surface area contributed by atoms with E-state index in [4.69, 9.17) is 16.6 Å². The number of rotatable bonds is 2. The van der Waals surface area contributed by atoms with E-state index in [1.165, 1.54) is 0 Å². The third kappa shape index (κ3) is 5.23. The molecule has 0 aromatic rings. The van der Waals surface area contributed by atoms with E-state index >= 15 is 0 Å². The molecule has 0 aromatic carbocycles. The Labute approximate surface area is 41.8 Å². The van der Waals surface area contributed by atoms with Gasteiger partial charge < -0.3 is 5.11 Å². The van der Waals surface area contributed by atoms with Crippen LogP contribution in [0.3, 0.4) is 0 Å². The molecule has 0 rings (SSSR count). The molecule has 0 spiro atoms. The predicted octanol–water partition coefficient (Wildman–Crippen LogP) is -3.67. The van der Waals surface area contributed by atoms with E-state index < -0.39 is 0 Å². The molecule has 4 heteroatoms. The molecule has 4 nitrogen and oxygen atoms in total. The van der Waals surface area contributed by atoms with Crippen molar-refractivity contribution in [2.45, 2.75) is 0 Å². The van der Waals surface area contributed by atoms with Crippen molar-refractivity contribution in [1.29, 1.82) is 0 Å². The molecular formula is C3H10N3O+. The molecule has 0 aliphatic rings. The number of aliphatic hydroxyl groups excluding tert-OH is 1. The molecular weight excluding hydrogens is 94.1 g/mol. The van der Waals surface area contributed by atoms with Crippen LogP contribution in [0.5, 0.6) is 0 Å². The molecule has 0 amide bonds. The predicted molar refractivity (Wildman–Crippen MR) is 26.3 cm³/mol. The minimum absolute atomic E-state index is 0.0535. The van der Waals surface area contributed by atoms with Crippen LogP contribution in [0, 0.1) is 0 Å². The first-order valence-electron chi connectivity index (χ1n) is 2.00. The van der Waals surface area contributed by atoms with Gasteiger partial charge in [-0.2, -0.15) is 0 Å². The Kier molecular flexibility index (Phi) is 3.04. The zero-order valence-corrected chi connectivity index (χ0v) is 4.02. The smallest absolute Gasteiger partial charge is 0.338 e. The number of hydrogen-bond donors (Lipinski definition) is 4. The summed E-state index contributed by atoms with van der Waals surface area (Å²) in [5.41, 5.74) is 9.90. The topological polar surface area (TPSA) is 86.2 Å². The van der Waals surface area contributed by atoms with Gasteiger partial charge in [-0.15, -0.1) is 0 Å². The number of nitrogens with two attached hydrogens (primary N) is 2. The molecule has 0 aromatic heterocycles. The van der Waals surface area contributed by atoms with Gasteiger partial charge in [-0.1, -0.05) is 0 Å². The third-order valence-electron chi connectivity index (χ3n) is 0.441. The summed E-state index contributed by atoms with van der Waals surface area (Å²) in [4.78, 5) is 2.52. The first-order valence-corrected chi connectivity index (χ1v) is 2.00. The molecule has 42 valence electrons. The van der Waals surface area contributed by atoms with Gasteiger partial charge in [0.25, 0.3) is 0 Å². The Hall–Kier alpha value is -0.770. The fraction of sp³-hybridized carbons (Fsp3) is 0.667. The average molecular weight is 104 g/mol. The summed E-state index contributed by atoms with van der Waals surface area (Å²) >= 11 is 0. The summed E-state index contributed by atoms with van der Waals surface area (Å²) in [6.45, 7) is 0.472. The van der Waals surface area contributed by atoms with E-state index in [9.17, 15) is 0 Å². The summed E-state index contributed by atoms with van der Waals surface area (Å²) in [5.74, 6) is 0.147. The summed E-state index contributed by atoms with van der Waals surface area (Å²) in [6.07, 6.45) is 0. The van der Waals surface area contributed by atoms with Crippen LogP contribution in [0.1, 0.15) is 0 Å². The molecule has 0 saturated carbocycles. The standard InChI is InChI=1S/C3H9N3O/c4-3(5)6-1-2-7/h7H,1-2H2,(H4,4,5,6)/p+1. The molecule has 6 N–H and O–H groups in total. The maximum atomic E-state index is 8.13. The lowest BCUT2D eigenvalue weighted by atomic mass is 10.7. The molecule has 0 aliphatic carbocycles. The largest absolute Gasteiger partial charge is 0.393 e. The molecule has 0 atom stereocenters. The minimum Gasteiger partial charge on any atom is -0.393 e. The lowest BCUT2D eigenvalue weighted by Crippen LogP contribution is -2.78. The van der Waals surface area contributed by atoms with Gasteiger partial charge in [0.15, 0.2) is 0 Å². The van der Waals surface area contributed by atoms with Gasteiger partial charge in [-0.05, 0) is 0 Å². The van der Waals surface area contributed by atoms with Crippen molar-refractivity contribution in [3.63, 3.8) is 0 Å². The van der Waals surface area contributed by atoms with Crippen LogP contribution in [0.4, 0.5) is 0 Å². The Bertz CT molecular complexity index is 66.6. The second-order valence-electron chi connectivity index (χ2n) is 1.11. The van der Waals surface area contributed by atoms with Gasteiger partial charge in [0.1, 0.15) is 0 Å². The summed E-state index contributed by atoms with van der Waals surface area (Å²) in [6, 6.07) is 0. The van der Waals surface area contributed by atoms with Crippen LogP contribution in [-0.4, -0.2) is 24.2 Å². The molecule has 0 saturated heterocycles. The van der Waals surface area contributed by atoms with Crippen LogP contribution >= 0.6 is 0 Å². The maximum absolute atomic E-state index is 8.13. The van der Waals surface area contributed by atoms with Crippen molar-refractivity contribution >= 4 is 5.96 Å². The van der Waals surface area contributed by atoms with Crippen molar-refractivity contribution in [2.75, 3.05) is 13.2 Å². The fourth-order valence-corrected chi connectivity index (χ4v) is 0.200. The number of guanidine groups is 1. The van der Waals surface area contributed by atoms with E-state index in [-0.39, 0.29) is 12.6 Å². The van der Waals surface area contributed by atoms with E-state index in [1.54, 1.807) is 0 Å². The van der Waals surface area contributed by atoms with Gasteiger partial charge >= 0.3 is 5.96 Å². The first kappa shape index (κ1) is 6.23. The molecule has 0 radical (unpaired) electrons. The highest BCUT2D eigenvalue weighted by Gasteiger charge is 1.80. The van der Waals surface area contributed by atoms with E-state index in [0.717, 1.165) is 0 Å². The van der Waals surface area contributed by atoms with Crippen LogP contribution in [0.25, 0.3) is 0 Å². The molecule has 0 bridgehead atoms. The molecule has 0 heterocycles. The van der Waals surface area contributed by atoms with Gasteiger partial charge in [0.2, 0.25) is 0 Å². The van der Waals surface area contributed by atoms with Gasteiger partial charge in [-0.3, -0.25) is 16.5 Å². The van der Waals surface area contributed by atoms with E-state index in [2.05, 4.69) is 4.99 Å². The quantitative estimate of drug-likeness (QED) is 0.215. The molecule has 7 heavy (non-hydrogen) atoms. The number of nitrogens with one attached hydrogen (secondary N) is 1. The van der Waals surface area contributed by atoms with Crippen molar-refractivity contribution in [3.8, 4) is 0 Å². The Morgan fingerprint density at radius 3 is 2.29 bits per heavy atom. The summed E-state index contributed by atoms with van der Waals surface area (Å²) in [7, 11) is 0. The Morgan fingerprint density at radius 2 is 2.14 bits per heavy atom. The highest BCUT2D eigenvalue weighted by molar-refractivity contribution is 5.69. The SMILES string of the molecule is NC(N)=[NH+]CCO. The van der Waals surface area contributed by atoms with Crippen LogP contribution in [0.15, 0.2) is 0 Å². The molecule has 0 aliphatic heterocycles. The van der Waals surface area contributed by atoms with Crippen molar-refractivity contribution in [1.82, 2.24) is 0 Å². The zero-order chi connectivity index (χ0) is 5.70. The van der Waals surface area contributed by atoms with Crippen LogP contribution in [0.2, 0.25) is 0 Å². The zero-order valence-electron chi connectivity index (χ0n) is 4.02. The maximum Gasteiger partial charge on any atom is 0.338 e. The second-order valence-corrected chi connectivity index (χ2v) is 1.11. The fourth-order valence-electron chi connectivity index (χ4n) is 0.200. The van der Waals surface area contributed by atoms with Gasteiger partial charge in [0.05, 0.1) is 13.2 Å². The number of aliphatic hydroxyl groups is 1. The van der Waals surface area contributed by atoms with Gasteiger partial charge in [0, 0.05) is 0 Å². The van der Waals surface area contributed by atoms with E-state index in [0.29, 0.717) is 6.54 Å². The van der Waals surface area contributed by atoms with Gasteiger partial charge in [-0.25, -0.2) is 0 Å². The highest BCUT2D eigenvalue weighted by Crippen LogP contribution is 1.31. The third-order valence-corrected chi connectivity index (χ3v) is 0.441. The second kappa shape index (κ2) is 3.42. The average Bonchev–Trinajstić information content (AvgIpc) is 1.61. The Balaban J connectivity index is 3.08. The lowest BCUT2D eigenvalue weighted by molar-refractivity contribution is -0.462. The minimum atomic E-state index is 0.0535. The summed E-state index contributed by atoms with van der Waals surface area (Å²) in [5, 5.41) is 8.13. The van der Waals surface area contributed by atoms with Crippen molar-refractivity contribution in [3.05, 3.63) is 0 Å². The van der Waals surface area contributed by atoms with Crippen LogP contribution < -0.4 is 16.5 Å². The summed E-state index contributed by atoms with van der Waals surface area (Å²) < 4.78 is 0. The highest BCUT2D eigenvalue weighted by atomic mass is 16.3. The first-order chi connectivity index (χ1) is 3.27. The monoisotopic (exact) mass is 104 g/mol. The normalized spacial score (nSPS) is 8.14. The molecule has 0 fully saturated rings. The van der Waals surface area contributed by atoms with Crippen LogP contribution in [-0.2, 0) is 0 Å². The van der Waals surface area contributed by atoms with E-state index in [1.807, 2.05) is 0 Å². The Morgan fingerprint density at radius 1 is 1.57 bits per heavy atom. The van der Waals surface area contributed by atoms with Crippen molar-refractivity contribution < 1.29 is 10.1 Å². The lowest BCUT2D eigenvalue weighted by Gasteiger charge is -1.81. The van der Waals surface area contributed by atoms with Crippen molar-refractivity contribution in [2.24, 2.45) is 11.5 Å². The number of hydrogen-bond acceptors (Lipinski definition) is 1. The molecule has 0 unspecified atom stereocenters.